The number of nitrogen functional groups attached to an aromatic ring is 1. The first kappa shape index (κ1) is 11.3. The molecule has 0 saturated carbocycles. The molecular formula is C12H14N4OS. The van der Waals surface area contributed by atoms with Crippen LogP contribution in [0.25, 0.3) is 10.2 Å². The third kappa shape index (κ3) is 1.99. The number of hydrogen-bond donors (Lipinski definition) is 3. The summed E-state index contributed by atoms with van der Waals surface area (Å²) in [5, 5.41) is 7.12. The van der Waals surface area contributed by atoms with Gasteiger partial charge in [-0.25, -0.2) is 4.98 Å². The lowest BCUT2D eigenvalue weighted by atomic mass is 10.2. The molecule has 3 rings (SSSR count). The van der Waals surface area contributed by atoms with Gasteiger partial charge < -0.3 is 16.4 Å². The summed E-state index contributed by atoms with van der Waals surface area (Å²) in [7, 11) is 0. The number of aromatic nitrogens is 1. The number of nitrogens with two attached hydrogens (primary N) is 1. The summed E-state index contributed by atoms with van der Waals surface area (Å²) in [5.74, 6) is 0.0802. The van der Waals surface area contributed by atoms with Gasteiger partial charge in [0.2, 0.25) is 5.91 Å². The monoisotopic (exact) mass is 262 g/mol. The van der Waals surface area contributed by atoms with E-state index < -0.39 is 0 Å². The van der Waals surface area contributed by atoms with Crippen molar-refractivity contribution in [3.63, 3.8) is 0 Å². The fourth-order valence-corrected chi connectivity index (χ4v) is 3.01. The number of fused-ring (bicyclic) bond motifs is 1. The summed E-state index contributed by atoms with van der Waals surface area (Å²) >= 11 is 1.63. The van der Waals surface area contributed by atoms with Gasteiger partial charge >= 0.3 is 0 Å². The van der Waals surface area contributed by atoms with Gasteiger partial charge in [-0.15, -0.1) is 11.3 Å². The lowest BCUT2D eigenvalue weighted by Gasteiger charge is -2.13. The molecule has 1 aliphatic rings. The second-order valence-corrected chi connectivity index (χ2v) is 5.72. The molecule has 18 heavy (non-hydrogen) atoms. The fraction of sp³-hybridized carbons (Fsp3) is 0.333. The molecule has 1 amide bonds. The van der Waals surface area contributed by atoms with Gasteiger partial charge in [0.25, 0.3) is 0 Å². The van der Waals surface area contributed by atoms with E-state index >= 15 is 0 Å². The van der Waals surface area contributed by atoms with Crippen LogP contribution in [0.3, 0.4) is 0 Å². The Balaban J connectivity index is 1.91. The van der Waals surface area contributed by atoms with E-state index in [9.17, 15) is 4.79 Å². The zero-order chi connectivity index (χ0) is 12.7. The van der Waals surface area contributed by atoms with Crippen LogP contribution in [0.1, 0.15) is 11.4 Å². The average Bonchev–Trinajstić information content (AvgIpc) is 2.85. The van der Waals surface area contributed by atoms with Crippen molar-refractivity contribution >= 4 is 38.8 Å². The van der Waals surface area contributed by atoms with Crippen LogP contribution in [0.2, 0.25) is 0 Å². The molecule has 1 aliphatic heterocycles. The molecule has 5 nitrogen and oxygen atoms in total. The Labute approximate surface area is 108 Å². The minimum Gasteiger partial charge on any atom is -0.397 e. The van der Waals surface area contributed by atoms with Crippen LogP contribution in [0.15, 0.2) is 12.1 Å². The molecule has 1 aromatic heterocycles. The molecule has 0 spiro atoms. The summed E-state index contributed by atoms with van der Waals surface area (Å²) < 4.78 is 1.09. The van der Waals surface area contributed by atoms with Crippen molar-refractivity contribution in [2.75, 3.05) is 17.6 Å². The van der Waals surface area contributed by atoms with Crippen LogP contribution >= 0.6 is 11.3 Å². The highest BCUT2D eigenvalue weighted by Gasteiger charge is 2.21. The molecule has 94 valence electrons. The van der Waals surface area contributed by atoms with Crippen LogP contribution in [0, 0.1) is 6.92 Å². The van der Waals surface area contributed by atoms with Crippen molar-refractivity contribution in [1.29, 1.82) is 0 Å². The first-order valence-electron chi connectivity index (χ1n) is 5.82. The zero-order valence-electron chi connectivity index (χ0n) is 9.99. The van der Waals surface area contributed by atoms with E-state index in [2.05, 4.69) is 15.6 Å². The van der Waals surface area contributed by atoms with Gasteiger partial charge in [-0.05, 0) is 19.1 Å². The van der Waals surface area contributed by atoms with Gasteiger partial charge in [0, 0.05) is 13.0 Å². The molecule has 2 heterocycles. The zero-order valence-corrected chi connectivity index (χ0v) is 10.8. The lowest BCUT2D eigenvalue weighted by molar-refractivity contribution is -0.119. The average molecular weight is 262 g/mol. The number of nitrogens with zero attached hydrogens (tertiary/aromatic N) is 1. The molecular weight excluding hydrogens is 248 g/mol. The van der Waals surface area contributed by atoms with Crippen molar-refractivity contribution in [3.05, 3.63) is 17.1 Å². The SMILES string of the molecule is Cc1nc2cc(NC3CNC(=O)C3)c(N)cc2s1. The number of nitrogens with one attached hydrogen (secondary N) is 2. The van der Waals surface area contributed by atoms with Crippen LogP contribution in [-0.2, 0) is 4.79 Å². The topological polar surface area (TPSA) is 80.0 Å². The summed E-state index contributed by atoms with van der Waals surface area (Å²) in [5.41, 5.74) is 8.53. The minimum absolute atomic E-state index is 0.0802. The molecule has 1 saturated heterocycles. The van der Waals surface area contributed by atoms with E-state index in [4.69, 9.17) is 5.73 Å². The van der Waals surface area contributed by atoms with Crippen LogP contribution < -0.4 is 16.4 Å². The van der Waals surface area contributed by atoms with Gasteiger partial charge in [-0.2, -0.15) is 0 Å². The number of anilines is 2. The number of aryl methyl sites for hydroxylation is 1. The number of carbonyl (C=O) groups excluding carboxylic acids is 1. The number of benzene rings is 1. The maximum atomic E-state index is 11.2. The summed E-state index contributed by atoms with van der Waals surface area (Å²) in [4.78, 5) is 15.6. The molecule has 0 aliphatic carbocycles. The maximum absolute atomic E-state index is 11.2. The summed E-state index contributed by atoms with van der Waals surface area (Å²) in [6.07, 6.45) is 0.494. The molecule has 0 bridgehead atoms. The van der Waals surface area contributed by atoms with Crippen LogP contribution in [0.4, 0.5) is 11.4 Å². The second-order valence-electron chi connectivity index (χ2n) is 4.49. The molecule has 2 aromatic rings. The minimum atomic E-state index is 0.0802. The Morgan fingerprint density at radius 3 is 3.11 bits per heavy atom. The maximum Gasteiger partial charge on any atom is 0.222 e. The quantitative estimate of drug-likeness (QED) is 0.716. The lowest BCUT2D eigenvalue weighted by Crippen LogP contribution is -2.22. The van der Waals surface area contributed by atoms with Gasteiger partial charge in [-0.3, -0.25) is 4.79 Å². The Hall–Kier alpha value is -1.82. The molecule has 1 fully saturated rings. The van der Waals surface area contributed by atoms with Crippen molar-refractivity contribution in [2.45, 2.75) is 19.4 Å². The van der Waals surface area contributed by atoms with E-state index in [1.165, 1.54) is 0 Å². The van der Waals surface area contributed by atoms with Crippen LogP contribution in [-0.4, -0.2) is 23.5 Å². The van der Waals surface area contributed by atoms with Gasteiger partial charge in [-0.1, -0.05) is 0 Å². The molecule has 1 atom stereocenters. The fourth-order valence-electron chi connectivity index (χ4n) is 2.16. The highest BCUT2D eigenvalue weighted by Crippen LogP contribution is 2.30. The molecule has 4 N–H and O–H groups in total. The second kappa shape index (κ2) is 4.13. The Morgan fingerprint density at radius 2 is 2.39 bits per heavy atom. The highest BCUT2D eigenvalue weighted by molar-refractivity contribution is 7.18. The van der Waals surface area contributed by atoms with Crippen molar-refractivity contribution < 1.29 is 4.79 Å². The van der Waals surface area contributed by atoms with Gasteiger partial charge in [0.15, 0.2) is 0 Å². The Bertz CT molecular complexity index is 622. The largest absolute Gasteiger partial charge is 0.397 e. The summed E-state index contributed by atoms with van der Waals surface area (Å²) in [6, 6.07) is 4.00. The molecule has 0 radical (unpaired) electrons. The Morgan fingerprint density at radius 1 is 1.56 bits per heavy atom. The van der Waals surface area contributed by atoms with Crippen molar-refractivity contribution in [2.24, 2.45) is 0 Å². The molecule has 6 heteroatoms. The number of hydrogen-bond acceptors (Lipinski definition) is 5. The van der Waals surface area contributed by atoms with Gasteiger partial charge in [0.1, 0.15) is 0 Å². The molecule has 1 aromatic carbocycles. The predicted molar refractivity (Wildman–Crippen MR) is 73.8 cm³/mol. The number of carbonyl (C=O) groups is 1. The van der Waals surface area contributed by atoms with Crippen LogP contribution in [0.5, 0.6) is 0 Å². The number of rotatable bonds is 2. The smallest absolute Gasteiger partial charge is 0.222 e. The standard InChI is InChI=1S/C12H14N4OS/c1-6-15-10-4-9(8(13)3-11(10)18-6)16-7-2-12(17)14-5-7/h3-4,7,16H,2,5,13H2,1H3,(H,14,17). The predicted octanol–water partition coefficient (Wildman–Crippen LogP) is 1.49. The van der Waals surface area contributed by atoms with E-state index in [0.29, 0.717) is 18.7 Å². The van der Waals surface area contributed by atoms with E-state index in [1.54, 1.807) is 11.3 Å². The normalized spacial score (nSPS) is 19.2. The highest BCUT2D eigenvalue weighted by atomic mass is 32.1. The molecule has 1 unspecified atom stereocenters. The number of thiazole rings is 1. The van der Waals surface area contributed by atoms with Gasteiger partial charge in [0.05, 0.1) is 32.6 Å². The van der Waals surface area contributed by atoms with E-state index in [0.717, 1.165) is 20.9 Å². The van der Waals surface area contributed by atoms with Crippen molar-refractivity contribution in [1.82, 2.24) is 10.3 Å². The van der Waals surface area contributed by atoms with E-state index in [1.807, 2.05) is 19.1 Å². The van der Waals surface area contributed by atoms with Crippen molar-refractivity contribution in [3.8, 4) is 0 Å². The number of amides is 1. The first-order valence-corrected chi connectivity index (χ1v) is 6.63. The third-order valence-corrected chi connectivity index (χ3v) is 3.94. The third-order valence-electron chi connectivity index (χ3n) is 3.00. The first-order chi connectivity index (χ1) is 8.61. The summed E-state index contributed by atoms with van der Waals surface area (Å²) in [6.45, 7) is 2.62. The van der Waals surface area contributed by atoms with E-state index in [-0.39, 0.29) is 11.9 Å². The Kier molecular flexibility index (Phi) is 2.59.